The lowest BCUT2D eigenvalue weighted by Gasteiger charge is -2.31. The van der Waals surface area contributed by atoms with Crippen molar-refractivity contribution < 1.29 is 18.6 Å². The molecule has 2 saturated heterocycles. The molecule has 0 radical (unpaired) electrons. The van der Waals surface area contributed by atoms with Crippen molar-refractivity contribution in [2.75, 3.05) is 49.2 Å². The summed E-state index contributed by atoms with van der Waals surface area (Å²) in [6.07, 6.45) is -1.93. The van der Waals surface area contributed by atoms with E-state index in [0.29, 0.717) is 75.2 Å². The number of nitrogens with zero attached hydrogens (tertiary/aromatic N) is 7. The minimum absolute atomic E-state index is 0.113. The second-order valence-electron chi connectivity index (χ2n) is 7.65. The number of alkyl halides is 2. The lowest BCUT2D eigenvalue weighted by Crippen LogP contribution is -2.40. The van der Waals surface area contributed by atoms with Gasteiger partial charge in [-0.1, -0.05) is 12.1 Å². The van der Waals surface area contributed by atoms with Gasteiger partial charge in [0.1, 0.15) is 0 Å². The molecule has 0 amide bonds. The summed E-state index contributed by atoms with van der Waals surface area (Å²) in [5.41, 5.74) is 0.964. The van der Waals surface area contributed by atoms with Crippen molar-refractivity contribution in [2.45, 2.75) is 25.4 Å². The van der Waals surface area contributed by atoms with Crippen LogP contribution in [-0.2, 0) is 4.74 Å². The average molecular weight is 431 g/mol. The fourth-order valence-electron chi connectivity index (χ4n) is 3.96. The topological polar surface area (TPSA) is 92.4 Å². The SMILES string of the molecule is OC1CCN(c2nc(N3CCOCC3)nc(-n3c(C(F)F)nc4ccccc43)n2)CC1. The Bertz CT molecular complexity index is 1060. The van der Waals surface area contributed by atoms with Gasteiger partial charge in [0, 0.05) is 26.2 Å². The number of para-hydroxylation sites is 2. The zero-order chi connectivity index (χ0) is 21.4. The molecule has 5 rings (SSSR count). The van der Waals surface area contributed by atoms with Crippen molar-refractivity contribution in [3.8, 4) is 5.95 Å². The van der Waals surface area contributed by atoms with E-state index in [-0.39, 0.29) is 12.1 Å². The molecule has 164 valence electrons. The number of aliphatic hydroxyl groups excluding tert-OH is 1. The summed E-state index contributed by atoms with van der Waals surface area (Å²) < 4.78 is 34.5. The Morgan fingerprint density at radius 1 is 0.871 bits per heavy atom. The lowest BCUT2D eigenvalue weighted by atomic mass is 10.1. The van der Waals surface area contributed by atoms with Crippen LogP contribution in [0.15, 0.2) is 24.3 Å². The molecule has 11 heteroatoms. The Kier molecular flexibility index (Phi) is 5.36. The third-order valence-electron chi connectivity index (χ3n) is 5.62. The number of anilines is 2. The summed E-state index contributed by atoms with van der Waals surface area (Å²) in [5.74, 6) is 0.547. The quantitative estimate of drug-likeness (QED) is 0.670. The normalized spacial score (nSPS) is 18.3. The van der Waals surface area contributed by atoms with Crippen LogP contribution in [0.1, 0.15) is 25.1 Å². The van der Waals surface area contributed by atoms with Crippen molar-refractivity contribution in [1.82, 2.24) is 24.5 Å². The summed E-state index contributed by atoms with van der Waals surface area (Å²) in [5, 5.41) is 9.86. The molecular weight excluding hydrogens is 408 g/mol. The number of rotatable bonds is 4. The van der Waals surface area contributed by atoms with Crippen LogP contribution in [-0.4, -0.2) is 75.1 Å². The highest BCUT2D eigenvalue weighted by Gasteiger charge is 2.26. The predicted octanol–water partition coefficient (Wildman–Crippen LogP) is 1.95. The summed E-state index contributed by atoms with van der Waals surface area (Å²) in [7, 11) is 0. The molecule has 31 heavy (non-hydrogen) atoms. The minimum Gasteiger partial charge on any atom is -0.393 e. The number of aromatic nitrogens is 5. The van der Waals surface area contributed by atoms with Gasteiger partial charge in [0.25, 0.3) is 6.43 Å². The second kappa shape index (κ2) is 8.31. The third-order valence-corrected chi connectivity index (χ3v) is 5.62. The first-order chi connectivity index (χ1) is 15.1. The largest absolute Gasteiger partial charge is 0.393 e. The molecular formula is C20H23F2N7O2. The Labute approximate surface area is 177 Å². The molecule has 1 aromatic carbocycles. The fourth-order valence-corrected chi connectivity index (χ4v) is 3.96. The van der Waals surface area contributed by atoms with Crippen LogP contribution in [0.25, 0.3) is 17.0 Å². The molecule has 2 aromatic heterocycles. The number of imidazole rings is 1. The first-order valence-electron chi connectivity index (χ1n) is 10.4. The molecule has 9 nitrogen and oxygen atoms in total. The second-order valence-corrected chi connectivity index (χ2v) is 7.65. The predicted molar refractivity (Wildman–Crippen MR) is 110 cm³/mol. The molecule has 2 aliphatic heterocycles. The molecule has 1 N–H and O–H groups in total. The number of fused-ring (bicyclic) bond motifs is 1. The van der Waals surface area contributed by atoms with Crippen molar-refractivity contribution >= 4 is 22.9 Å². The number of hydrogen-bond donors (Lipinski definition) is 1. The molecule has 2 aliphatic rings. The van der Waals surface area contributed by atoms with E-state index in [1.165, 1.54) is 4.57 Å². The van der Waals surface area contributed by atoms with Gasteiger partial charge in [-0.2, -0.15) is 15.0 Å². The van der Waals surface area contributed by atoms with Crippen LogP contribution in [0.4, 0.5) is 20.7 Å². The van der Waals surface area contributed by atoms with Crippen molar-refractivity contribution in [3.05, 3.63) is 30.1 Å². The van der Waals surface area contributed by atoms with E-state index in [1.54, 1.807) is 24.3 Å². The zero-order valence-electron chi connectivity index (χ0n) is 16.9. The molecule has 0 aliphatic carbocycles. The van der Waals surface area contributed by atoms with Crippen LogP contribution in [0.5, 0.6) is 0 Å². The van der Waals surface area contributed by atoms with Gasteiger partial charge in [-0.25, -0.2) is 13.8 Å². The van der Waals surface area contributed by atoms with Crippen LogP contribution < -0.4 is 9.80 Å². The lowest BCUT2D eigenvalue weighted by molar-refractivity contribution is 0.122. The monoisotopic (exact) mass is 431 g/mol. The molecule has 2 fully saturated rings. The number of morpholine rings is 1. The highest BCUT2D eigenvalue weighted by Crippen LogP contribution is 2.28. The Balaban J connectivity index is 1.65. The van der Waals surface area contributed by atoms with E-state index in [0.717, 1.165) is 0 Å². The van der Waals surface area contributed by atoms with Gasteiger partial charge in [-0.05, 0) is 25.0 Å². The van der Waals surface area contributed by atoms with Crippen molar-refractivity contribution in [2.24, 2.45) is 0 Å². The van der Waals surface area contributed by atoms with Crippen molar-refractivity contribution in [1.29, 1.82) is 0 Å². The highest BCUT2D eigenvalue weighted by molar-refractivity contribution is 5.77. The van der Waals surface area contributed by atoms with Crippen LogP contribution in [0.3, 0.4) is 0 Å². The third kappa shape index (κ3) is 3.90. The molecule has 0 bridgehead atoms. The van der Waals surface area contributed by atoms with E-state index in [9.17, 15) is 13.9 Å². The van der Waals surface area contributed by atoms with Crippen LogP contribution >= 0.6 is 0 Å². The highest BCUT2D eigenvalue weighted by atomic mass is 19.3. The summed E-state index contributed by atoms with van der Waals surface area (Å²) in [4.78, 5) is 21.8. The maximum Gasteiger partial charge on any atom is 0.296 e. The van der Waals surface area contributed by atoms with Gasteiger partial charge >= 0.3 is 0 Å². The summed E-state index contributed by atoms with van der Waals surface area (Å²) in [6, 6.07) is 6.94. The number of benzene rings is 1. The molecule has 0 spiro atoms. The van der Waals surface area contributed by atoms with Crippen molar-refractivity contribution in [3.63, 3.8) is 0 Å². The van der Waals surface area contributed by atoms with E-state index < -0.39 is 12.2 Å². The smallest absolute Gasteiger partial charge is 0.296 e. The number of piperidine rings is 1. The Morgan fingerprint density at radius 2 is 1.48 bits per heavy atom. The first kappa shape index (κ1) is 20.0. The Morgan fingerprint density at radius 3 is 2.16 bits per heavy atom. The molecule has 0 unspecified atom stereocenters. The first-order valence-corrected chi connectivity index (χ1v) is 10.4. The maximum atomic E-state index is 13.9. The van der Waals surface area contributed by atoms with E-state index in [1.807, 2.05) is 9.80 Å². The number of aliphatic hydroxyl groups is 1. The van der Waals surface area contributed by atoms with Crippen LogP contribution in [0, 0.1) is 0 Å². The number of hydrogen-bond acceptors (Lipinski definition) is 8. The van der Waals surface area contributed by atoms with Gasteiger partial charge in [-0.3, -0.25) is 4.57 Å². The van der Waals surface area contributed by atoms with Gasteiger partial charge in [0.2, 0.25) is 17.8 Å². The minimum atomic E-state index is -2.79. The maximum absolute atomic E-state index is 13.9. The molecule has 0 atom stereocenters. The Hall–Kier alpha value is -2.92. The average Bonchev–Trinajstić information content (AvgIpc) is 3.20. The molecule has 3 aromatic rings. The molecule has 4 heterocycles. The zero-order valence-corrected chi connectivity index (χ0v) is 16.9. The number of ether oxygens (including phenoxy) is 1. The fraction of sp³-hybridized carbons (Fsp3) is 0.500. The standard InChI is InChI=1S/C20H23F2N7O2/c21-16(22)17-23-14-3-1-2-4-15(14)29(17)20-25-18(27-7-5-13(30)6-8-27)24-19(26-20)28-9-11-31-12-10-28/h1-4,13,16,30H,5-12H2. The summed E-state index contributed by atoms with van der Waals surface area (Å²) >= 11 is 0. The van der Waals surface area contributed by atoms with E-state index in [2.05, 4.69) is 19.9 Å². The van der Waals surface area contributed by atoms with Gasteiger partial charge < -0.3 is 19.6 Å². The van der Waals surface area contributed by atoms with Gasteiger partial charge in [0.15, 0.2) is 5.82 Å². The van der Waals surface area contributed by atoms with E-state index in [4.69, 9.17) is 4.74 Å². The number of halogens is 2. The van der Waals surface area contributed by atoms with E-state index >= 15 is 0 Å². The van der Waals surface area contributed by atoms with Gasteiger partial charge in [0.05, 0.1) is 30.4 Å². The summed E-state index contributed by atoms with van der Waals surface area (Å²) in [6.45, 7) is 3.46. The van der Waals surface area contributed by atoms with Crippen LogP contribution in [0.2, 0.25) is 0 Å². The van der Waals surface area contributed by atoms with Gasteiger partial charge in [-0.15, -0.1) is 0 Å². The molecule has 0 saturated carbocycles.